The number of rotatable bonds is 2. The molecule has 27 heavy (non-hydrogen) atoms. The van der Waals surface area contributed by atoms with Gasteiger partial charge < -0.3 is 4.74 Å². The fourth-order valence-electron chi connectivity index (χ4n) is 4.12. The number of aliphatic imine (C=N–C) groups is 1. The maximum Gasteiger partial charge on any atom is 0.332 e. The highest BCUT2D eigenvalue weighted by Gasteiger charge is 2.57. The Labute approximate surface area is 162 Å². The Hall–Kier alpha value is -2.85. The first-order valence-corrected chi connectivity index (χ1v) is 9.67. The van der Waals surface area contributed by atoms with Gasteiger partial charge in [0, 0.05) is 5.56 Å². The van der Waals surface area contributed by atoms with E-state index in [0.717, 1.165) is 21.7 Å². The van der Waals surface area contributed by atoms with Crippen molar-refractivity contribution in [3.05, 3.63) is 95.6 Å². The maximum absolute atomic E-state index is 12.8. The molecule has 0 saturated carbocycles. The van der Waals surface area contributed by atoms with Crippen LogP contribution in [0.4, 0.5) is 0 Å². The molecule has 0 radical (unpaired) electrons. The molecule has 1 atom stereocenters. The standard InChI is InChI=1S/C23H17NO2S/c1-26-22(25)20-23(27-21(24-20)15-9-3-2-4-10-15)18-13-7-5-11-16(18)17-12-6-8-14-19(17)23/h2-14,20H,1H3/t20-/m1/s1. The minimum absolute atomic E-state index is 0.306. The first kappa shape index (κ1) is 16.3. The summed E-state index contributed by atoms with van der Waals surface area (Å²) in [5.41, 5.74) is 5.61. The summed E-state index contributed by atoms with van der Waals surface area (Å²) < 4.78 is 4.58. The van der Waals surface area contributed by atoms with Gasteiger partial charge in [-0.15, -0.1) is 0 Å². The van der Waals surface area contributed by atoms with E-state index < -0.39 is 10.8 Å². The van der Waals surface area contributed by atoms with E-state index in [-0.39, 0.29) is 5.97 Å². The van der Waals surface area contributed by atoms with Crippen molar-refractivity contribution >= 4 is 22.8 Å². The van der Waals surface area contributed by atoms with Crippen LogP contribution in [0.3, 0.4) is 0 Å². The van der Waals surface area contributed by atoms with E-state index in [0.29, 0.717) is 0 Å². The third kappa shape index (κ3) is 2.23. The SMILES string of the molecule is COC(=O)[C@H]1N=C(c2ccccc2)SC12c1ccccc1-c1ccccc12. The third-order valence-electron chi connectivity index (χ3n) is 5.28. The molecule has 0 N–H and O–H groups in total. The van der Waals surface area contributed by atoms with E-state index in [1.807, 2.05) is 54.6 Å². The van der Waals surface area contributed by atoms with Gasteiger partial charge in [0.25, 0.3) is 0 Å². The van der Waals surface area contributed by atoms with Gasteiger partial charge >= 0.3 is 5.97 Å². The summed E-state index contributed by atoms with van der Waals surface area (Å²) in [6.07, 6.45) is 0. The molecule has 132 valence electrons. The van der Waals surface area contributed by atoms with Crippen LogP contribution < -0.4 is 0 Å². The van der Waals surface area contributed by atoms with E-state index in [2.05, 4.69) is 24.3 Å². The largest absolute Gasteiger partial charge is 0.467 e. The van der Waals surface area contributed by atoms with Crippen molar-refractivity contribution in [2.75, 3.05) is 7.11 Å². The molecular weight excluding hydrogens is 354 g/mol. The first-order chi connectivity index (χ1) is 13.3. The summed E-state index contributed by atoms with van der Waals surface area (Å²) in [5.74, 6) is -0.306. The molecule has 1 aliphatic heterocycles. The van der Waals surface area contributed by atoms with Gasteiger partial charge in [0.05, 0.1) is 7.11 Å². The molecule has 2 aliphatic rings. The lowest BCUT2D eigenvalue weighted by Crippen LogP contribution is -2.38. The van der Waals surface area contributed by atoms with Crippen LogP contribution in [0.15, 0.2) is 83.9 Å². The Morgan fingerprint density at radius 2 is 1.44 bits per heavy atom. The summed E-state index contributed by atoms with van der Waals surface area (Å²) in [7, 11) is 1.43. The second-order valence-corrected chi connectivity index (χ2v) is 7.89. The number of methoxy groups -OCH3 is 1. The second kappa shape index (κ2) is 6.10. The van der Waals surface area contributed by atoms with Gasteiger partial charge in [-0.25, -0.2) is 4.79 Å². The van der Waals surface area contributed by atoms with Crippen LogP contribution in [0.1, 0.15) is 16.7 Å². The van der Waals surface area contributed by atoms with Crippen LogP contribution in [0.2, 0.25) is 0 Å². The fraction of sp³-hybridized carbons (Fsp3) is 0.130. The van der Waals surface area contributed by atoms with Gasteiger partial charge in [0.1, 0.15) is 9.79 Å². The van der Waals surface area contributed by atoms with Gasteiger partial charge in [0.15, 0.2) is 6.04 Å². The van der Waals surface area contributed by atoms with Crippen LogP contribution >= 0.6 is 11.8 Å². The van der Waals surface area contributed by atoms with E-state index in [4.69, 9.17) is 9.73 Å². The number of ether oxygens (including phenoxy) is 1. The molecule has 3 nitrogen and oxygen atoms in total. The zero-order valence-electron chi connectivity index (χ0n) is 14.8. The number of carbonyl (C=O) groups excluding carboxylic acids is 1. The highest BCUT2D eigenvalue weighted by molar-refractivity contribution is 8.15. The second-order valence-electron chi connectivity index (χ2n) is 6.65. The fourth-order valence-corrected chi connectivity index (χ4v) is 5.67. The van der Waals surface area contributed by atoms with Gasteiger partial charge in [-0.05, 0) is 22.3 Å². The Bertz CT molecular complexity index is 1030. The van der Waals surface area contributed by atoms with Crippen molar-refractivity contribution in [3.8, 4) is 11.1 Å². The maximum atomic E-state index is 12.8. The minimum Gasteiger partial charge on any atom is -0.467 e. The van der Waals surface area contributed by atoms with Gasteiger partial charge in [-0.3, -0.25) is 4.99 Å². The van der Waals surface area contributed by atoms with E-state index in [1.165, 1.54) is 18.2 Å². The highest BCUT2D eigenvalue weighted by atomic mass is 32.2. The number of carbonyl (C=O) groups is 1. The molecular formula is C23H17NO2S. The van der Waals surface area contributed by atoms with Crippen molar-refractivity contribution in [1.82, 2.24) is 0 Å². The van der Waals surface area contributed by atoms with Crippen molar-refractivity contribution in [3.63, 3.8) is 0 Å². The molecule has 0 fully saturated rings. The topological polar surface area (TPSA) is 38.7 Å². The lowest BCUT2D eigenvalue weighted by atomic mass is 9.88. The molecule has 0 amide bonds. The Balaban J connectivity index is 1.77. The summed E-state index contributed by atoms with van der Waals surface area (Å²) in [5, 5.41) is 0.873. The summed E-state index contributed by atoms with van der Waals surface area (Å²) in [6.45, 7) is 0. The predicted molar refractivity (Wildman–Crippen MR) is 109 cm³/mol. The molecule has 0 unspecified atom stereocenters. The molecule has 1 spiro atoms. The quantitative estimate of drug-likeness (QED) is 0.616. The molecule has 4 heteroatoms. The van der Waals surface area contributed by atoms with Crippen molar-refractivity contribution in [2.24, 2.45) is 4.99 Å². The molecule has 0 saturated heterocycles. The van der Waals surface area contributed by atoms with Crippen LogP contribution in [0.25, 0.3) is 11.1 Å². The van der Waals surface area contributed by atoms with E-state index >= 15 is 0 Å². The van der Waals surface area contributed by atoms with Crippen molar-refractivity contribution < 1.29 is 9.53 Å². The van der Waals surface area contributed by atoms with Crippen LogP contribution in [-0.4, -0.2) is 24.2 Å². The highest BCUT2D eigenvalue weighted by Crippen LogP contribution is 2.60. The van der Waals surface area contributed by atoms with Crippen molar-refractivity contribution in [2.45, 2.75) is 10.8 Å². The van der Waals surface area contributed by atoms with E-state index in [1.54, 1.807) is 11.8 Å². The molecule has 0 bridgehead atoms. The van der Waals surface area contributed by atoms with Crippen LogP contribution in [0, 0.1) is 0 Å². The lowest BCUT2D eigenvalue weighted by Gasteiger charge is -2.30. The molecule has 3 aromatic rings. The smallest absolute Gasteiger partial charge is 0.332 e. The number of fused-ring (bicyclic) bond motifs is 5. The Morgan fingerprint density at radius 3 is 2.04 bits per heavy atom. The molecule has 1 aliphatic carbocycles. The normalized spacial score (nSPS) is 18.7. The monoisotopic (exact) mass is 371 g/mol. The van der Waals surface area contributed by atoms with Gasteiger partial charge in [-0.1, -0.05) is 90.6 Å². The average Bonchev–Trinajstić information content (AvgIpc) is 3.27. The number of nitrogens with zero attached hydrogens (tertiary/aromatic N) is 1. The number of hydrogen-bond acceptors (Lipinski definition) is 4. The number of esters is 1. The number of thioether (sulfide) groups is 1. The Morgan fingerprint density at radius 1 is 0.889 bits per heavy atom. The van der Waals surface area contributed by atoms with Crippen molar-refractivity contribution in [1.29, 1.82) is 0 Å². The predicted octanol–water partition coefficient (Wildman–Crippen LogP) is 4.65. The number of hydrogen-bond donors (Lipinski definition) is 0. The summed E-state index contributed by atoms with van der Waals surface area (Å²) in [6, 6.07) is 26.0. The zero-order valence-corrected chi connectivity index (χ0v) is 15.6. The van der Waals surface area contributed by atoms with E-state index in [9.17, 15) is 4.79 Å². The average molecular weight is 371 g/mol. The Kier molecular flexibility index (Phi) is 3.69. The number of benzene rings is 3. The minimum atomic E-state index is -0.618. The molecule has 5 rings (SSSR count). The van der Waals surface area contributed by atoms with Gasteiger partial charge in [0.2, 0.25) is 0 Å². The summed E-state index contributed by atoms with van der Waals surface area (Å²) >= 11 is 1.66. The third-order valence-corrected chi connectivity index (χ3v) is 6.80. The molecule has 1 heterocycles. The van der Waals surface area contributed by atoms with Gasteiger partial charge in [-0.2, -0.15) is 0 Å². The molecule has 3 aromatic carbocycles. The first-order valence-electron chi connectivity index (χ1n) is 8.85. The molecule has 0 aromatic heterocycles. The lowest BCUT2D eigenvalue weighted by molar-refractivity contribution is -0.142. The van der Waals surface area contributed by atoms with Crippen LogP contribution in [0.5, 0.6) is 0 Å². The zero-order chi connectivity index (χ0) is 18.4. The van der Waals surface area contributed by atoms with Crippen LogP contribution in [-0.2, 0) is 14.3 Å². The summed E-state index contributed by atoms with van der Waals surface area (Å²) in [4.78, 5) is 17.7.